The maximum atomic E-state index is 12.0. The highest BCUT2D eigenvalue weighted by atomic mass is 16.5. The van der Waals surface area contributed by atoms with Crippen molar-refractivity contribution in [3.05, 3.63) is 29.8 Å². The van der Waals surface area contributed by atoms with Crippen LogP contribution in [0.2, 0.25) is 0 Å². The van der Waals surface area contributed by atoms with Crippen molar-refractivity contribution >= 4 is 5.91 Å². The highest BCUT2D eigenvalue weighted by Crippen LogP contribution is 2.26. The molecule has 0 aromatic heterocycles. The van der Waals surface area contributed by atoms with Crippen LogP contribution in [0.5, 0.6) is 5.75 Å². The molecule has 1 aliphatic rings. The molecule has 1 aliphatic heterocycles. The first-order chi connectivity index (χ1) is 9.20. The summed E-state index contributed by atoms with van der Waals surface area (Å²) in [6, 6.07) is 8.06. The minimum Gasteiger partial charge on any atom is -0.492 e. The Balaban J connectivity index is 1.82. The second-order valence-electron chi connectivity index (χ2n) is 5.07. The molecule has 104 valence electrons. The lowest BCUT2D eigenvalue weighted by molar-refractivity contribution is -0.126. The van der Waals surface area contributed by atoms with Gasteiger partial charge in [-0.15, -0.1) is 0 Å². The molecule has 3 N–H and O–H groups in total. The van der Waals surface area contributed by atoms with Crippen LogP contribution >= 0.6 is 0 Å². The van der Waals surface area contributed by atoms with Gasteiger partial charge in [0.05, 0.1) is 5.92 Å². The molecule has 0 bridgehead atoms. The summed E-state index contributed by atoms with van der Waals surface area (Å²) in [6.07, 6.45) is 2.52. The predicted octanol–water partition coefficient (Wildman–Crippen LogP) is 1.48. The van der Waals surface area contributed by atoms with E-state index < -0.39 is 0 Å². The van der Waals surface area contributed by atoms with Gasteiger partial charge in [-0.3, -0.25) is 4.79 Å². The quantitative estimate of drug-likeness (QED) is 0.845. The Labute approximate surface area is 114 Å². The fourth-order valence-corrected chi connectivity index (χ4v) is 2.23. The summed E-state index contributed by atoms with van der Waals surface area (Å²) >= 11 is 0. The molecule has 2 rings (SSSR count). The topological polar surface area (TPSA) is 64.3 Å². The van der Waals surface area contributed by atoms with Gasteiger partial charge >= 0.3 is 0 Å². The van der Waals surface area contributed by atoms with E-state index in [1.165, 1.54) is 0 Å². The Morgan fingerprint density at radius 3 is 3.11 bits per heavy atom. The SMILES string of the molecule is CCC(N)CCNC(=O)C1COc2ccccc2C1. The number of hydrogen-bond donors (Lipinski definition) is 2. The van der Waals surface area contributed by atoms with Crippen LogP contribution in [-0.2, 0) is 11.2 Å². The van der Waals surface area contributed by atoms with Crippen LogP contribution in [0, 0.1) is 5.92 Å². The molecule has 0 fully saturated rings. The zero-order valence-electron chi connectivity index (χ0n) is 11.4. The van der Waals surface area contributed by atoms with Gasteiger partial charge in [-0.1, -0.05) is 25.1 Å². The van der Waals surface area contributed by atoms with Gasteiger partial charge in [0, 0.05) is 12.6 Å². The third kappa shape index (κ3) is 3.70. The van der Waals surface area contributed by atoms with Crippen LogP contribution in [0.3, 0.4) is 0 Å². The van der Waals surface area contributed by atoms with Gasteiger partial charge in [0.2, 0.25) is 5.91 Å². The Morgan fingerprint density at radius 1 is 1.53 bits per heavy atom. The van der Waals surface area contributed by atoms with Crippen LogP contribution in [0.15, 0.2) is 24.3 Å². The molecular formula is C15H22N2O2. The predicted molar refractivity (Wildman–Crippen MR) is 75.0 cm³/mol. The lowest BCUT2D eigenvalue weighted by atomic mass is 9.96. The molecule has 4 heteroatoms. The second kappa shape index (κ2) is 6.57. The van der Waals surface area contributed by atoms with Gasteiger partial charge in [0.25, 0.3) is 0 Å². The summed E-state index contributed by atoms with van der Waals surface area (Å²) in [4.78, 5) is 12.0. The van der Waals surface area contributed by atoms with E-state index in [9.17, 15) is 4.79 Å². The zero-order chi connectivity index (χ0) is 13.7. The number of nitrogens with one attached hydrogen (secondary N) is 1. The molecule has 0 saturated heterocycles. The first-order valence-electron chi connectivity index (χ1n) is 6.94. The number of nitrogens with two attached hydrogens (primary N) is 1. The first kappa shape index (κ1) is 13.9. The van der Waals surface area contributed by atoms with Crippen molar-refractivity contribution in [1.82, 2.24) is 5.32 Å². The molecule has 1 aromatic rings. The van der Waals surface area contributed by atoms with E-state index in [4.69, 9.17) is 10.5 Å². The van der Waals surface area contributed by atoms with Crippen LogP contribution in [-0.4, -0.2) is 25.1 Å². The van der Waals surface area contributed by atoms with E-state index in [1.807, 2.05) is 24.3 Å². The molecule has 1 amide bonds. The first-order valence-corrected chi connectivity index (χ1v) is 6.94. The summed E-state index contributed by atoms with van der Waals surface area (Å²) in [5.74, 6) is 0.880. The van der Waals surface area contributed by atoms with Gasteiger partial charge in [0.15, 0.2) is 0 Å². The van der Waals surface area contributed by atoms with Crippen LogP contribution < -0.4 is 15.8 Å². The summed E-state index contributed by atoms with van der Waals surface area (Å²) < 4.78 is 5.62. The number of fused-ring (bicyclic) bond motifs is 1. The monoisotopic (exact) mass is 262 g/mol. The van der Waals surface area contributed by atoms with Crippen molar-refractivity contribution in [2.75, 3.05) is 13.2 Å². The fraction of sp³-hybridized carbons (Fsp3) is 0.533. The number of benzene rings is 1. The van der Waals surface area contributed by atoms with E-state index in [0.29, 0.717) is 13.2 Å². The third-order valence-corrected chi connectivity index (χ3v) is 3.59. The molecular weight excluding hydrogens is 240 g/mol. The van der Waals surface area contributed by atoms with Gasteiger partial charge in [-0.25, -0.2) is 0 Å². The number of ether oxygens (including phenoxy) is 1. The Hall–Kier alpha value is -1.55. The van der Waals surface area contributed by atoms with Crippen molar-refractivity contribution in [3.63, 3.8) is 0 Å². The number of rotatable bonds is 5. The average Bonchev–Trinajstić information content (AvgIpc) is 2.46. The van der Waals surface area contributed by atoms with Crippen LogP contribution in [0.4, 0.5) is 0 Å². The summed E-state index contributed by atoms with van der Waals surface area (Å²) in [6.45, 7) is 3.16. The smallest absolute Gasteiger partial charge is 0.226 e. The molecule has 0 aliphatic carbocycles. The number of para-hydroxylation sites is 1. The largest absolute Gasteiger partial charge is 0.492 e. The summed E-state index contributed by atoms with van der Waals surface area (Å²) in [7, 11) is 0. The lowest BCUT2D eigenvalue weighted by Crippen LogP contribution is -2.39. The van der Waals surface area contributed by atoms with E-state index in [-0.39, 0.29) is 17.9 Å². The maximum Gasteiger partial charge on any atom is 0.226 e. The van der Waals surface area contributed by atoms with E-state index in [1.54, 1.807) is 0 Å². The van der Waals surface area contributed by atoms with Gasteiger partial charge in [-0.2, -0.15) is 0 Å². The van der Waals surface area contributed by atoms with E-state index in [2.05, 4.69) is 12.2 Å². The van der Waals surface area contributed by atoms with Crippen molar-refractivity contribution in [2.45, 2.75) is 32.2 Å². The second-order valence-corrected chi connectivity index (χ2v) is 5.07. The van der Waals surface area contributed by atoms with Crippen molar-refractivity contribution in [2.24, 2.45) is 11.7 Å². The Kier molecular flexibility index (Phi) is 4.80. The minimum absolute atomic E-state index is 0.0674. The Morgan fingerprint density at radius 2 is 2.32 bits per heavy atom. The average molecular weight is 262 g/mol. The van der Waals surface area contributed by atoms with Gasteiger partial charge in [0.1, 0.15) is 12.4 Å². The number of carbonyl (C=O) groups excluding carboxylic acids is 1. The van der Waals surface area contributed by atoms with E-state index in [0.717, 1.165) is 30.6 Å². The van der Waals surface area contributed by atoms with E-state index >= 15 is 0 Å². The summed E-state index contributed by atoms with van der Waals surface area (Å²) in [5.41, 5.74) is 6.94. The molecule has 19 heavy (non-hydrogen) atoms. The van der Waals surface area contributed by atoms with Crippen LogP contribution in [0.25, 0.3) is 0 Å². The van der Waals surface area contributed by atoms with Crippen molar-refractivity contribution in [3.8, 4) is 5.75 Å². The van der Waals surface area contributed by atoms with Crippen LogP contribution in [0.1, 0.15) is 25.3 Å². The highest BCUT2D eigenvalue weighted by Gasteiger charge is 2.25. The third-order valence-electron chi connectivity index (χ3n) is 3.59. The number of carbonyl (C=O) groups is 1. The molecule has 1 heterocycles. The summed E-state index contributed by atoms with van der Waals surface area (Å²) in [5, 5.41) is 2.95. The molecule has 0 saturated carbocycles. The molecule has 1 aromatic carbocycles. The van der Waals surface area contributed by atoms with Crippen molar-refractivity contribution in [1.29, 1.82) is 0 Å². The standard InChI is InChI=1S/C15H22N2O2/c1-2-13(16)7-8-17-15(18)12-9-11-5-3-4-6-14(11)19-10-12/h3-6,12-13H,2,7-10,16H2,1H3,(H,17,18). The maximum absolute atomic E-state index is 12.0. The number of amides is 1. The molecule has 0 spiro atoms. The molecule has 2 unspecified atom stereocenters. The normalized spacial score (nSPS) is 19.2. The zero-order valence-corrected chi connectivity index (χ0v) is 11.4. The number of hydrogen-bond acceptors (Lipinski definition) is 3. The van der Waals surface area contributed by atoms with Crippen molar-refractivity contribution < 1.29 is 9.53 Å². The molecule has 4 nitrogen and oxygen atoms in total. The van der Waals surface area contributed by atoms with Gasteiger partial charge in [-0.05, 0) is 30.9 Å². The minimum atomic E-state index is -0.0900. The molecule has 0 radical (unpaired) electrons. The van der Waals surface area contributed by atoms with Gasteiger partial charge < -0.3 is 15.8 Å². The lowest BCUT2D eigenvalue weighted by Gasteiger charge is -2.24. The fourth-order valence-electron chi connectivity index (χ4n) is 2.23. The Bertz CT molecular complexity index is 434. The molecule has 2 atom stereocenters. The highest BCUT2D eigenvalue weighted by molar-refractivity contribution is 5.79.